The third kappa shape index (κ3) is 4.74. The molecular weight excluding hydrogens is 490 g/mol. The van der Waals surface area contributed by atoms with Gasteiger partial charge in [-0.2, -0.15) is 5.10 Å². The van der Waals surface area contributed by atoms with Gasteiger partial charge in [-0.3, -0.25) is 9.13 Å². The van der Waals surface area contributed by atoms with E-state index in [1.807, 2.05) is 0 Å². The molecule has 4 heterocycles. The van der Waals surface area contributed by atoms with Crippen LogP contribution in [0.1, 0.15) is 18.7 Å². The highest BCUT2D eigenvalue weighted by Gasteiger charge is 2.53. The molecule has 4 rings (SSSR count). The van der Waals surface area contributed by atoms with Gasteiger partial charge in [0, 0.05) is 19.2 Å². The average molecular weight is 513 g/mol. The minimum absolute atomic E-state index is 0.0344. The van der Waals surface area contributed by atoms with Gasteiger partial charge in [-0.15, -0.1) is 0 Å². The molecule has 0 spiro atoms. The van der Waals surface area contributed by atoms with Crippen molar-refractivity contribution in [3.05, 3.63) is 23.2 Å². The molecule has 0 aliphatic carbocycles. The van der Waals surface area contributed by atoms with Gasteiger partial charge in [0.25, 0.3) is 0 Å². The summed E-state index contributed by atoms with van der Waals surface area (Å²) in [6.45, 7) is 0.556. The molecule has 0 aromatic carbocycles. The number of rotatable bonds is 7. The van der Waals surface area contributed by atoms with Crippen molar-refractivity contribution in [3.63, 3.8) is 0 Å². The highest BCUT2D eigenvalue weighted by atomic mass is 35.5. The van der Waals surface area contributed by atoms with E-state index in [9.17, 15) is 24.2 Å². The molecule has 0 radical (unpaired) electrons. The summed E-state index contributed by atoms with van der Waals surface area (Å²) in [5, 5.41) is 26.3. The van der Waals surface area contributed by atoms with Crippen LogP contribution in [0.2, 0.25) is 5.15 Å². The summed E-state index contributed by atoms with van der Waals surface area (Å²) < 4.78 is 34.2. The molecule has 13 nitrogen and oxygen atoms in total. The molecule has 2 saturated heterocycles. The fourth-order valence-corrected chi connectivity index (χ4v) is 6.70. The number of imidazole rings is 1. The van der Waals surface area contributed by atoms with Crippen LogP contribution in [0, 0.1) is 0 Å². The van der Waals surface area contributed by atoms with E-state index in [0.29, 0.717) is 5.52 Å². The van der Waals surface area contributed by atoms with Crippen molar-refractivity contribution < 1.29 is 43.3 Å². The SMILES string of the molecule is O=P(O)(O)CP(=O)(O)OC[C@H]1OC[C@@](O)(c2ncc3c(N4CCCC4)cc(Cl)nn23)[C@@H]1O. The van der Waals surface area contributed by atoms with Crippen molar-refractivity contribution in [2.45, 2.75) is 30.7 Å². The molecule has 5 N–H and O–H groups in total. The van der Waals surface area contributed by atoms with Gasteiger partial charge in [0.1, 0.15) is 17.7 Å². The molecule has 2 aromatic heterocycles. The molecule has 2 aliphatic rings. The number of halogens is 1. The maximum atomic E-state index is 11.9. The first-order valence-corrected chi connectivity index (χ1v) is 13.7. The molecule has 0 bridgehead atoms. The Kier molecular flexibility index (Phi) is 6.45. The van der Waals surface area contributed by atoms with E-state index in [4.69, 9.17) is 30.6 Å². The molecule has 178 valence electrons. The highest BCUT2D eigenvalue weighted by Crippen LogP contribution is 2.55. The van der Waals surface area contributed by atoms with Crippen molar-refractivity contribution in [2.75, 3.05) is 37.1 Å². The molecule has 0 saturated carbocycles. The molecule has 1 unspecified atom stereocenters. The van der Waals surface area contributed by atoms with Crippen LogP contribution in [-0.4, -0.2) is 83.9 Å². The summed E-state index contributed by atoms with van der Waals surface area (Å²) in [6, 6.07) is 1.70. The maximum Gasteiger partial charge on any atom is 0.340 e. The molecule has 0 amide bonds. The van der Waals surface area contributed by atoms with Crippen LogP contribution in [0.15, 0.2) is 12.3 Å². The van der Waals surface area contributed by atoms with Crippen molar-refractivity contribution in [1.29, 1.82) is 0 Å². The van der Waals surface area contributed by atoms with Gasteiger partial charge in [0.05, 0.1) is 25.1 Å². The fourth-order valence-electron chi connectivity index (χ4n) is 3.96. The fraction of sp³-hybridized carbons (Fsp3) is 0.625. The number of aliphatic hydroxyl groups excluding tert-OH is 1. The second-order valence-electron chi connectivity index (χ2n) is 7.88. The molecule has 32 heavy (non-hydrogen) atoms. The minimum Gasteiger partial charge on any atom is -0.387 e. The van der Waals surface area contributed by atoms with Crippen LogP contribution in [0.25, 0.3) is 5.52 Å². The number of nitrogens with zero attached hydrogens (tertiary/aromatic N) is 4. The van der Waals surface area contributed by atoms with E-state index in [0.717, 1.165) is 31.6 Å². The highest BCUT2D eigenvalue weighted by molar-refractivity contribution is 7.70. The molecule has 4 atom stereocenters. The zero-order valence-corrected chi connectivity index (χ0v) is 19.2. The van der Waals surface area contributed by atoms with Crippen molar-refractivity contribution >= 4 is 38.0 Å². The van der Waals surface area contributed by atoms with Gasteiger partial charge >= 0.3 is 15.2 Å². The lowest BCUT2D eigenvalue weighted by Gasteiger charge is -2.25. The first kappa shape index (κ1) is 24.0. The summed E-state index contributed by atoms with van der Waals surface area (Å²) >= 11 is 6.20. The van der Waals surface area contributed by atoms with E-state index >= 15 is 0 Å². The smallest absolute Gasteiger partial charge is 0.340 e. The van der Waals surface area contributed by atoms with E-state index in [1.54, 1.807) is 6.07 Å². The Morgan fingerprint density at radius 1 is 1.28 bits per heavy atom. The van der Waals surface area contributed by atoms with Crippen molar-refractivity contribution in [2.24, 2.45) is 0 Å². The van der Waals surface area contributed by atoms with E-state index in [-0.39, 0.29) is 11.0 Å². The molecular formula is C16H23ClN4O9P2. The monoisotopic (exact) mass is 512 g/mol. The van der Waals surface area contributed by atoms with Crippen LogP contribution < -0.4 is 4.90 Å². The van der Waals surface area contributed by atoms with Gasteiger partial charge in [-0.25, -0.2) is 9.50 Å². The van der Waals surface area contributed by atoms with Gasteiger partial charge in [-0.1, -0.05) is 11.6 Å². The zero-order valence-electron chi connectivity index (χ0n) is 16.7. The van der Waals surface area contributed by atoms with Crippen LogP contribution >= 0.6 is 26.8 Å². The molecule has 2 fully saturated rings. The number of aliphatic hydroxyl groups is 2. The summed E-state index contributed by atoms with van der Waals surface area (Å²) in [6.07, 6.45) is 0.660. The topological polar surface area (TPSA) is 187 Å². The van der Waals surface area contributed by atoms with E-state index in [1.165, 1.54) is 10.7 Å². The average Bonchev–Trinajstić information content (AvgIpc) is 3.39. The Hall–Kier alpha value is -1.11. The third-order valence-electron chi connectivity index (χ3n) is 5.45. The Morgan fingerprint density at radius 3 is 2.62 bits per heavy atom. The Morgan fingerprint density at radius 2 is 1.97 bits per heavy atom. The maximum absolute atomic E-state index is 11.9. The predicted octanol–water partition coefficient (Wildman–Crippen LogP) is 0.267. The third-order valence-corrected chi connectivity index (χ3v) is 9.09. The number of anilines is 1. The largest absolute Gasteiger partial charge is 0.387 e. The second kappa shape index (κ2) is 8.59. The second-order valence-corrected chi connectivity index (χ2v) is 12.3. The number of ether oxygens (including phenoxy) is 1. The molecule has 16 heteroatoms. The lowest BCUT2D eigenvalue weighted by atomic mass is 9.96. The van der Waals surface area contributed by atoms with E-state index in [2.05, 4.69) is 15.0 Å². The van der Waals surface area contributed by atoms with Crippen LogP contribution in [0.4, 0.5) is 5.69 Å². The first-order valence-electron chi connectivity index (χ1n) is 9.72. The lowest BCUT2D eigenvalue weighted by Crippen LogP contribution is -2.44. The van der Waals surface area contributed by atoms with Crippen LogP contribution in [0.3, 0.4) is 0 Å². The number of hydrogen-bond acceptors (Lipinski definition) is 9. The summed E-state index contributed by atoms with van der Waals surface area (Å²) in [5.41, 5.74) is -0.673. The van der Waals surface area contributed by atoms with Gasteiger partial charge < -0.3 is 39.1 Å². The van der Waals surface area contributed by atoms with Crippen LogP contribution in [-0.2, 0) is 24.0 Å². The zero-order chi connectivity index (χ0) is 23.3. The number of fused-ring (bicyclic) bond motifs is 1. The minimum atomic E-state index is -4.80. The van der Waals surface area contributed by atoms with E-state index < -0.39 is 52.1 Å². The first-order chi connectivity index (χ1) is 14.9. The Bertz CT molecular complexity index is 1100. The number of aromatic nitrogens is 3. The normalized spacial score (nSPS) is 28.5. The summed E-state index contributed by atoms with van der Waals surface area (Å²) in [7, 11) is -9.46. The Balaban J connectivity index is 1.57. The lowest BCUT2D eigenvalue weighted by molar-refractivity contribution is -0.0652. The predicted molar refractivity (Wildman–Crippen MR) is 112 cm³/mol. The Labute approximate surface area is 187 Å². The van der Waals surface area contributed by atoms with Gasteiger partial charge in [0.15, 0.2) is 22.5 Å². The quantitative estimate of drug-likeness (QED) is 0.319. The van der Waals surface area contributed by atoms with Crippen molar-refractivity contribution in [3.8, 4) is 0 Å². The van der Waals surface area contributed by atoms with Crippen LogP contribution in [0.5, 0.6) is 0 Å². The van der Waals surface area contributed by atoms with Gasteiger partial charge in [0.2, 0.25) is 0 Å². The number of hydrogen-bond donors (Lipinski definition) is 5. The van der Waals surface area contributed by atoms with Crippen molar-refractivity contribution in [1.82, 2.24) is 14.6 Å². The standard InChI is InChI=1S/C16H23ClN4O9P2/c17-13-5-10(20-3-1-2-4-20)11-6-18-15(21(11)19-13)16(23)8-29-12(14(16)22)7-30-32(27,28)9-31(24,25)26/h5-6,12,14,22-23H,1-4,7-9H2,(H,27,28)(H2,24,25,26)/t12-,14-,16+/m1/s1. The molecule has 2 aromatic rings. The summed E-state index contributed by atoms with van der Waals surface area (Å²) in [4.78, 5) is 33.7. The molecule has 2 aliphatic heterocycles. The summed E-state index contributed by atoms with van der Waals surface area (Å²) in [5.74, 6) is -1.41. The van der Waals surface area contributed by atoms with Gasteiger partial charge in [-0.05, 0) is 12.8 Å².